The van der Waals surface area contributed by atoms with Crippen molar-refractivity contribution >= 4 is 34.8 Å². The van der Waals surface area contributed by atoms with Gasteiger partial charge in [0.1, 0.15) is 5.15 Å². The van der Waals surface area contributed by atoms with Gasteiger partial charge in [-0.05, 0) is 29.3 Å². The topological polar surface area (TPSA) is 60.8 Å². The maximum atomic E-state index is 5.42. The third-order valence-corrected chi connectivity index (χ3v) is 1.98. The molecule has 0 atom stereocenters. The Kier molecular flexibility index (Phi) is 5.90. The van der Waals surface area contributed by atoms with E-state index in [2.05, 4.69) is 19.9 Å². The molecule has 0 radical (unpaired) electrons. The van der Waals surface area contributed by atoms with Crippen LogP contribution in [0, 0.1) is 0 Å². The largest absolute Gasteiger partial charge is 0.481 e. The van der Waals surface area contributed by atoms with Gasteiger partial charge in [-0.3, -0.25) is 0 Å². The summed E-state index contributed by atoms with van der Waals surface area (Å²) in [5.74, 6) is 0.481. The highest BCUT2D eigenvalue weighted by molar-refractivity contribution is 6.31. The van der Waals surface area contributed by atoms with Crippen molar-refractivity contribution in [2.45, 2.75) is 0 Å². The average molecular weight is 294 g/mol. The van der Waals surface area contributed by atoms with Crippen molar-refractivity contribution in [3.05, 3.63) is 40.2 Å². The molecule has 2 rings (SSSR count). The molecule has 0 amide bonds. The maximum Gasteiger partial charge on any atom is 0.225 e. The number of aromatic nitrogens is 4. The summed E-state index contributed by atoms with van der Waals surface area (Å²) in [5.41, 5.74) is 0. The number of methoxy groups -OCH3 is 1. The van der Waals surface area contributed by atoms with Crippen LogP contribution in [0.1, 0.15) is 0 Å². The minimum atomic E-state index is 0.178. The lowest BCUT2D eigenvalue weighted by molar-refractivity contribution is 0.397. The number of ether oxygens (including phenoxy) is 1. The van der Waals surface area contributed by atoms with E-state index in [4.69, 9.17) is 39.5 Å². The first-order chi connectivity index (χ1) is 8.11. The lowest BCUT2D eigenvalue weighted by atomic mass is 10.6. The van der Waals surface area contributed by atoms with Gasteiger partial charge in [0.25, 0.3) is 0 Å². The molecule has 2 heterocycles. The van der Waals surface area contributed by atoms with Gasteiger partial charge in [0.15, 0.2) is 0 Å². The molecule has 0 aliphatic rings. The molecule has 0 saturated heterocycles. The minimum absolute atomic E-state index is 0.178. The van der Waals surface area contributed by atoms with Crippen molar-refractivity contribution in [2.24, 2.45) is 0 Å². The summed E-state index contributed by atoms with van der Waals surface area (Å²) in [4.78, 5) is 14.6. The van der Waals surface area contributed by atoms with Crippen molar-refractivity contribution < 1.29 is 4.74 Å². The van der Waals surface area contributed by atoms with E-state index in [1.54, 1.807) is 12.1 Å². The molecule has 0 aromatic carbocycles. The molecule has 0 fully saturated rings. The highest BCUT2D eigenvalue weighted by Gasteiger charge is 1.91. The fourth-order valence-electron chi connectivity index (χ4n) is 0.748. The fraction of sp³-hybridized carbons (Fsp3) is 0.111. The Morgan fingerprint density at radius 1 is 0.941 bits per heavy atom. The highest BCUT2D eigenvalue weighted by atomic mass is 35.5. The van der Waals surface area contributed by atoms with Crippen LogP contribution in [0.15, 0.2) is 24.5 Å². The molecule has 0 saturated carbocycles. The third-order valence-electron chi connectivity index (χ3n) is 1.40. The molecule has 17 heavy (non-hydrogen) atoms. The first-order valence-corrected chi connectivity index (χ1v) is 5.42. The van der Waals surface area contributed by atoms with Gasteiger partial charge in [-0.1, -0.05) is 11.6 Å². The molecule has 0 aliphatic carbocycles. The number of rotatable bonds is 1. The molecular formula is C9H7Cl3N4O. The SMILES string of the molecule is COc1ccnc(Cl)n1.Clc1ccnc(Cl)n1. The highest BCUT2D eigenvalue weighted by Crippen LogP contribution is 2.06. The molecule has 2 aromatic rings. The molecule has 0 bridgehead atoms. The van der Waals surface area contributed by atoms with Crippen LogP contribution in [0.3, 0.4) is 0 Å². The van der Waals surface area contributed by atoms with Gasteiger partial charge < -0.3 is 4.74 Å². The molecule has 8 heteroatoms. The molecule has 2 aromatic heterocycles. The van der Waals surface area contributed by atoms with Gasteiger partial charge in [0.2, 0.25) is 16.4 Å². The monoisotopic (exact) mass is 292 g/mol. The van der Waals surface area contributed by atoms with E-state index in [9.17, 15) is 0 Å². The maximum absolute atomic E-state index is 5.42. The van der Waals surface area contributed by atoms with E-state index >= 15 is 0 Å². The Labute approximate surface area is 113 Å². The first kappa shape index (κ1) is 13.9. The molecule has 5 nitrogen and oxygen atoms in total. The molecule has 0 spiro atoms. The number of halogens is 3. The zero-order valence-electron chi connectivity index (χ0n) is 8.64. The molecule has 0 unspecified atom stereocenters. The fourth-order valence-corrected chi connectivity index (χ4v) is 1.21. The van der Waals surface area contributed by atoms with Crippen LogP contribution in [0.2, 0.25) is 15.7 Å². The molecule has 0 aliphatic heterocycles. The summed E-state index contributed by atoms with van der Waals surface area (Å²) in [5, 5.41) is 0.747. The molecular weight excluding hydrogens is 286 g/mol. The van der Waals surface area contributed by atoms with Gasteiger partial charge in [-0.15, -0.1) is 0 Å². The van der Waals surface area contributed by atoms with Crippen molar-refractivity contribution in [1.82, 2.24) is 19.9 Å². The van der Waals surface area contributed by atoms with E-state index in [-0.39, 0.29) is 10.6 Å². The zero-order chi connectivity index (χ0) is 12.7. The van der Waals surface area contributed by atoms with Gasteiger partial charge in [-0.25, -0.2) is 15.0 Å². The van der Waals surface area contributed by atoms with Crippen molar-refractivity contribution in [1.29, 1.82) is 0 Å². The predicted octanol–water partition coefficient (Wildman–Crippen LogP) is 2.92. The van der Waals surface area contributed by atoms with Gasteiger partial charge in [0.05, 0.1) is 7.11 Å². The molecule has 0 N–H and O–H groups in total. The van der Waals surface area contributed by atoms with Gasteiger partial charge in [-0.2, -0.15) is 4.98 Å². The summed E-state index contributed by atoms with van der Waals surface area (Å²) in [6, 6.07) is 3.19. The number of hydrogen-bond acceptors (Lipinski definition) is 5. The van der Waals surface area contributed by atoms with Gasteiger partial charge >= 0.3 is 0 Å². The van der Waals surface area contributed by atoms with Crippen LogP contribution in [0.4, 0.5) is 0 Å². The smallest absolute Gasteiger partial charge is 0.225 e. The van der Waals surface area contributed by atoms with Gasteiger partial charge in [0, 0.05) is 18.5 Å². The van der Waals surface area contributed by atoms with E-state index in [0.29, 0.717) is 11.0 Å². The summed E-state index contributed by atoms with van der Waals surface area (Å²) in [6.07, 6.45) is 3.03. The van der Waals surface area contributed by atoms with Crippen LogP contribution in [-0.2, 0) is 0 Å². The lowest BCUT2D eigenvalue weighted by Gasteiger charge is -1.94. The summed E-state index contributed by atoms with van der Waals surface area (Å²) >= 11 is 16.2. The van der Waals surface area contributed by atoms with E-state index in [1.807, 2.05) is 0 Å². The van der Waals surface area contributed by atoms with E-state index in [0.717, 1.165) is 0 Å². The summed E-state index contributed by atoms with van der Waals surface area (Å²) in [6.45, 7) is 0. The standard InChI is InChI=1S/C5H5ClN2O.C4H2Cl2N2/c1-9-4-2-3-7-5(6)8-4;5-3-1-2-7-4(6)8-3/h2-3H,1H3;1-2H. The van der Waals surface area contributed by atoms with Crippen molar-refractivity contribution in [2.75, 3.05) is 7.11 Å². The summed E-state index contributed by atoms with van der Waals surface area (Å²) < 4.78 is 4.76. The first-order valence-electron chi connectivity index (χ1n) is 4.28. The van der Waals surface area contributed by atoms with Crippen LogP contribution >= 0.6 is 34.8 Å². The van der Waals surface area contributed by atoms with E-state index in [1.165, 1.54) is 19.5 Å². The quantitative estimate of drug-likeness (QED) is 0.597. The molecule has 90 valence electrons. The van der Waals surface area contributed by atoms with Crippen LogP contribution in [0.5, 0.6) is 5.88 Å². The Bertz CT molecular complexity index is 466. The Hall–Kier alpha value is -1.17. The zero-order valence-corrected chi connectivity index (χ0v) is 10.9. The lowest BCUT2D eigenvalue weighted by Crippen LogP contribution is -1.87. The number of nitrogens with zero attached hydrogens (tertiary/aromatic N) is 4. The second-order valence-corrected chi connectivity index (χ2v) is 3.58. The van der Waals surface area contributed by atoms with Crippen molar-refractivity contribution in [3.63, 3.8) is 0 Å². The third kappa shape index (κ3) is 5.63. The predicted molar refractivity (Wildman–Crippen MR) is 65.6 cm³/mol. The van der Waals surface area contributed by atoms with Crippen LogP contribution < -0.4 is 4.74 Å². The normalized spacial score (nSPS) is 9.18. The summed E-state index contributed by atoms with van der Waals surface area (Å²) in [7, 11) is 1.53. The second-order valence-electron chi connectivity index (χ2n) is 2.52. The van der Waals surface area contributed by atoms with Crippen molar-refractivity contribution in [3.8, 4) is 5.88 Å². The second kappa shape index (κ2) is 7.21. The van der Waals surface area contributed by atoms with E-state index < -0.39 is 0 Å². The Morgan fingerprint density at radius 2 is 1.53 bits per heavy atom. The Morgan fingerprint density at radius 3 is 1.88 bits per heavy atom. The van der Waals surface area contributed by atoms with Crippen LogP contribution in [-0.4, -0.2) is 27.0 Å². The Balaban J connectivity index is 0.000000171. The number of hydrogen-bond donors (Lipinski definition) is 0. The minimum Gasteiger partial charge on any atom is -0.481 e. The van der Waals surface area contributed by atoms with Crippen LogP contribution in [0.25, 0.3) is 0 Å². The average Bonchev–Trinajstić information content (AvgIpc) is 2.29.